The molecule has 25 heavy (non-hydrogen) atoms. The molecule has 0 spiro atoms. The van der Waals surface area contributed by atoms with Gasteiger partial charge in [-0.2, -0.15) is 0 Å². The number of rotatable bonds is 4. The van der Waals surface area contributed by atoms with Crippen molar-refractivity contribution in [3.8, 4) is 0 Å². The van der Waals surface area contributed by atoms with Gasteiger partial charge >= 0.3 is 0 Å². The monoisotopic (exact) mass is 342 g/mol. The summed E-state index contributed by atoms with van der Waals surface area (Å²) in [4.78, 5) is 23.5. The second-order valence-electron chi connectivity index (χ2n) is 6.86. The first-order valence-electron chi connectivity index (χ1n) is 8.54. The van der Waals surface area contributed by atoms with Crippen molar-refractivity contribution in [2.45, 2.75) is 33.2 Å². The van der Waals surface area contributed by atoms with Gasteiger partial charge in [0.2, 0.25) is 5.91 Å². The molecule has 1 aliphatic rings. The molecule has 1 N–H and O–H groups in total. The third-order valence-electron chi connectivity index (χ3n) is 4.67. The molecule has 0 aliphatic carbocycles. The van der Waals surface area contributed by atoms with Crippen LogP contribution in [0.15, 0.2) is 36.5 Å². The summed E-state index contributed by atoms with van der Waals surface area (Å²) in [5.74, 6) is 1.28. The van der Waals surface area contributed by atoms with Crippen molar-refractivity contribution in [3.05, 3.63) is 53.7 Å². The predicted octanol–water partition coefficient (Wildman–Crippen LogP) is 2.85. The summed E-state index contributed by atoms with van der Waals surface area (Å²) >= 11 is 0. The van der Waals surface area contributed by atoms with Crippen molar-refractivity contribution in [3.63, 3.8) is 0 Å². The molecule has 1 aliphatic heterocycles. The fourth-order valence-electron chi connectivity index (χ4n) is 3.28. The normalized spacial score (nSPS) is 20.4. The Kier molecular flexibility index (Phi) is 4.97. The molecule has 1 amide bonds. The third-order valence-corrected chi connectivity index (χ3v) is 4.67. The summed E-state index contributed by atoms with van der Waals surface area (Å²) in [5, 5.41) is 2.95. The Hall–Kier alpha value is -2.50. The number of piperidine rings is 1. The number of carbonyl (C=O) groups is 1. The molecule has 0 radical (unpaired) electrons. The Morgan fingerprint density at radius 3 is 3.00 bits per heavy atom. The average Bonchev–Trinajstić information content (AvgIpc) is 2.60. The maximum absolute atomic E-state index is 13.3. The van der Waals surface area contributed by atoms with E-state index in [9.17, 15) is 9.18 Å². The van der Waals surface area contributed by atoms with Crippen LogP contribution < -0.4 is 10.2 Å². The molecule has 5 nitrogen and oxygen atoms in total. The number of nitrogens with zero attached hydrogens (tertiary/aromatic N) is 3. The number of aryl methyl sites for hydroxylation is 1. The first-order chi connectivity index (χ1) is 12.0. The molecule has 2 heterocycles. The second-order valence-corrected chi connectivity index (χ2v) is 6.86. The molecule has 0 unspecified atom stereocenters. The standard InChI is InChI=1S/C19H23FN4O/c1-14-21-9-7-17(23-14)24-10-4-8-19(2,13-24)18(25)22-12-15-5-3-6-16(20)11-15/h3,5-7,9,11H,4,8,10,12-13H2,1-2H3,(H,22,25)/t19-/m1/s1. The van der Waals surface area contributed by atoms with Crippen LogP contribution in [0.4, 0.5) is 10.2 Å². The lowest BCUT2D eigenvalue weighted by Crippen LogP contribution is -2.50. The van der Waals surface area contributed by atoms with E-state index in [4.69, 9.17) is 0 Å². The summed E-state index contributed by atoms with van der Waals surface area (Å²) in [6.45, 7) is 5.66. The number of carbonyl (C=O) groups excluding carboxylic acids is 1. The number of nitrogens with one attached hydrogen (secondary N) is 1. The van der Waals surface area contributed by atoms with Crippen molar-refractivity contribution in [2.24, 2.45) is 5.41 Å². The maximum Gasteiger partial charge on any atom is 0.227 e. The molecule has 6 heteroatoms. The van der Waals surface area contributed by atoms with E-state index in [1.54, 1.807) is 12.3 Å². The van der Waals surface area contributed by atoms with Crippen LogP contribution in [0.3, 0.4) is 0 Å². The Bertz CT molecular complexity index is 767. The van der Waals surface area contributed by atoms with Gasteiger partial charge < -0.3 is 10.2 Å². The van der Waals surface area contributed by atoms with E-state index in [0.717, 1.165) is 36.6 Å². The minimum absolute atomic E-state index is 0.00719. The van der Waals surface area contributed by atoms with Crippen LogP contribution >= 0.6 is 0 Å². The van der Waals surface area contributed by atoms with E-state index in [1.165, 1.54) is 12.1 Å². The highest BCUT2D eigenvalue weighted by Gasteiger charge is 2.38. The maximum atomic E-state index is 13.3. The van der Waals surface area contributed by atoms with E-state index in [-0.39, 0.29) is 11.7 Å². The minimum atomic E-state index is -0.496. The fraction of sp³-hybridized carbons (Fsp3) is 0.421. The van der Waals surface area contributed by atoms with Gasteiger partial charge in [-0.1, -0.05) is 12.1 Å². The summed E-state index contributed by atoms with van der Waals surface area (Å²) in [6.07, 6.45) is 3.49. The van der Waals surface area contributed by atoms with Crippen molar-refractivity contribution >= 4 is 11.7 Å². The largest absolute Gasteiger partial charge is 0.355 e. The van der Waals surface area contributed by atoms with E-state index in [0.29, 0.717) is 13.1 Å². The van der Waals surface area contributed by atoms with Gasteiger partial charge in [-0.3, -0.25) is 4.79 Å². The molecule has 0 bridgehead atoms. The molecule has 2 aromatic rings. The van der Waals surface area contributed by atoms with Crippen molar-refractivity contribution in [2.75, 3.05) is 18.0 Å². The number of halogens is 1. The van der Waals surface area contributed by atoms with E-state index in [1.807, 2.05) is 26.0 Å². The lowest BCUT2D eigenvalue weighted by molar-refractivity contribution is -0.130. The first-order valence-corrected chi connectivity index (χ1v) is 8.54. The van der Waals surface area contributed by atoms with E-state index in [2.05, 4.69) is 20.2 Å². The van der Waals surface area contributed by atoms with Crippen molar-refractivity contribution < 1.29 is 9.18 Å². The molecule has 0 saturated carbocycles. The second kappa shape index (κ2) is 7.17. The molecule has 1 atom stereocenters. The molecule has 3 rings (SSSR count). The zero-order valence-corrected chi connectivity index (χ0v) is 14.6. The molecular formula is C19H23FN4O. The predicted molar refractivity (Wildman–Crippen MR) is 94.6 cm³/mol. The first kappa shape index (κ1) is 17.3. The summed E-state index contributed by atoms with van der Waals surface area (Å²) < 4.78 is 13.3. The van der Waals surface area contributed by atoms with Gasteiger partial charge in [-0.05, 0) is 50.5 Å². The van der Waals surface area contributed by atoms with E-state index < -0.39 is 5.41 Å². The fourth-order valence-corrected chi connectivity index (χ4v) is 3.28. The van der Waals surface area contributed by atoms with Crippen LogP contribution in [0.2, 0.25) is 0 Å². The Labute approximate surface area is 147 Å². The van der Waals surface area contributed by atoms with Crippen LogP contribution in [0.1, 0.15) is 31.2 Å². The molecule has 1 aromatic carbocycles. The zero-order valence-electron chi connectivity index (χ0n) is 14.6. The van der Waals surface area contributed by atoms with Gasteiger partial charge in [-0.15, -0.1) is 0 Å². The Morgan fingerprint density at radius 2 is 2.24 bits per heavy atom. The number of hydrogen-bond donors (Lipinski definition) is 1. The van der Waals surface area contributed by atoms with E-state index >= 15 is 0 Å². The number of anilines is 1. The van der Waals surface area contributed by atoms with Crippen LogP contribution in [-0.4, -0.2) is 29.0 Å². The number of amides is 1. The lowest BCUT2D eigenvalue weighted by Gasteiger charge is -2.40. The SMILES string of the molecule is Cc1nccc(N2CCC[C@@](C)(C(=O)NCc3cccc(F)c3)C2)n1. The van der Waals surface area contributed by atoms with Gasteiger partial charge in [0, 0.05) is 25.8 Å². The van der Waals surface area contributed by atoms with Crippen LogP contribution in [0, 0.1) is 18.2 Å². The smallest absolute Gasteiger partial charge is 0.227 e. The van der Waals surface area contributed by atoms with Gasteiger partial charge in [-0.25, -0.2) is 14.4 Å². The quantitative estimate of drug-likeness (QED) is 0.928. The molecular weight excluding hydrogens is 319 g/mol. The molecule has 1 saturated heterocycles. The average molecular weight is 342 g/mol. The highest BCUT2D eigenvalue weighted by molar-refractivity contribution is 5.83. The number of benzene rings is 1. The van der Waals surface area contributed by atoms with Crippen molar-refractivity contribution in [1.82, 2.24) is 15.3 Å². The molecule has 1 aromatic heterocycles. The zero-order chi connectivity index (χ0) is 17.9. The van der Waals surface area contributed by atoms with Gasteiger partial charge in [0.1, 0.15) is 17.5 Å². The summed E-state index contributed by atoms with van der Waals surface area (Å²) in [7, 11) is 0. The van der Waals surface area contributed by atoms with Crippen LogP contribution in [0.5, 0.6) is 0 Å². The van der Waals surface area contributed by atoms with Gasteiger partial charge in [0.05, 0.1) is 5.41 Å². The number of aromatic nitrogens is 2. The van der Waals surface area contributed by atoms with Gasteiger partial charge in [0.15, 0.2) is 0 Å². The van der Waals surface area contributed by atoms with Crippen LogP contribution in [0.25, 0.3) is 0 Å². The Balaban J connectivity index is 1.66. The lowest BCUT2D eigenvalue weighted by atomic mass is 9.81. The highest BCUT2D eigenvalue weighted by Crippen LogP contribution is 2.32. The third kappa shape index (κ3) is 4.13. The minimum Gasteiger partial charge on any atom is -0.355 e. The topological polar surface area (TPSA) is 58.1 Å². The highest BCUT2D eigenvalue weighted by atomic mass is 19.1. The number of hydrogen-bond acceptors (Lipinski definition) is 4. The molecule has 132 valence electrons. The molecule has 1 fully saturated rings. The summed E-state index contributed by atoms with van der Waals surface area (Å²) in [6, 6.07) is 8.18. The van der Waals surface area contributed by atoms with Crippen molar-refractivity contribution in [1.29, 1.82) is 0 Å². The van der Waals surface area contributed by atoms with Crippen LogP contribution in [-0.2, 0) is 11.3 Å². The van der Waals surface area contributed by atoms with Gasteiger partial charge in [0.25, 0.3) is 0 Å². The Morgan fingerprint density at radius 1 is 1.40 bits per heavy atom. The summed E-state index contributed by atoms with van der Waals surface area (Å²) in [5.41, 5.74) is 0.265.